The summed E-state index contributed by atoms with van der Waals surface area (Å²) in [6, 6.07) is -0.812. The average molecular weight is 1030 g/mol. The number of hydrogen-bond acceptors (Lipinski definition) is 8. The number of nitrogens with one attached hydrogen (secondary N) is 1. The smallest absolute Gasteiger partial charge is 0.220 e. The van der Waals surface area contributed by atoms with Gasteiger partial charge in [0, 0.05) is 6.42 Å². The zero-order chi connectivity index (χ0) is 53.6. The zero-order valence-corrected chi connectivity index (χ0v) is 47.1. The Morgan fingerprint density at radius 1 is 0.473 bits per heavy atom. The molecule has 0 aliphatic carbocycles. The van der Waals surface area contributed by atoms with Gasteiger partial charge in [0.15, 0.2) is 6.29 Å². The molecule has 0 aromatic heterocycles. The standard InChI is InChI=1S/C65H111NO8/c1-3-5-7-9-11-13-15-17-19-20-21-22-23-24-25-26-27-28-29-30-31-32-33-34-35-36-37-38-39-40-41-43-45-47-49-51-53-55-61(69)66-58(57-73-65-64(72)63(71)62(70)60(56-67)74-65)59(68)54-52-50-48-46-44-42-18-16-14-12-10-8-6-4-2/h5,7,11,13,17,19,21-22,24-25,27-28,30-31,33-34,52,54,58-60,62-65,67-68,70-72H,3-4,6,8-10,12,14-16,18,20,23,26,29,32,35-51,53,55-57H2,1-2H3,(H,66,69)/b7-5-,13-11-,19-17-,22-21-,25-24-,28-27-,31-30-,34-33-,54-52+. The number of ether oxygens (including phenoxy) is 2. The lowest BCUT2D eigenvalue weighted by atomic mass is 9.99. The Labute approximate surface area is 453 Å². The third-order valence-corrected chi connectivity index (χ3v) is 13.6. The predicted molar refractivity (Wildman–Crippen MR) is 313 cm³/mol. The number of carbonyl (C=O) groups is 1. The fraction of sp³-hybridized carbons (Fsp3) is 0.708. The molecule has 7 atom stereocenters. The van der Waals surface area contributed by atoms with Gasteiger partial charge in [0.1, 0.15) is 24.4 Å². The molecule has 0 bridgehead atoms. The van der Waals surface area contributed by atoms with Crippen LogP contribution in [0.3, 0.4) is 0 Å². The van der Waals surface area contributed by atoms with Crippen molar-refractivity contribution in [2.75, 3.05) is 13.2 Å². The van der Waals surface area contributed by atoms with E-state index >= 15 is 0 Å². The van der Waals surface area contributed by atoms with E-state index in [2.05, 4.69) is 116 Å². The Morgan fingerprint density at radius 3 is 1.24 bits per heavy atom. The minimum Gasteiger partial charge on any atom is -0.394 e. The van der Waals surface area contributed by atoms with Crippen LogP contribution in [0.1, 0.15) is 239 Å². The maximum Gasteiger partial charge on any atom is 0.220 e. The monoisotopic (exact) mass is 1030 g/mol. The highest BCUT2D eigenvalue weighted by atomic mass is 16.7. The van der Waals surface area contributed by atoms with Gasteiger partial charge in [0.05, 0.1) is 25.4 Å². The topological polar surface area (TPSA) is 149 Å². The summed E-state index contributed by atoms with van der Waals surface area (Å²) < 4.78 is 11.3. The van der Waals surface area contributed by atoms with Crippen molar-refractivity contribution in [3.8, 4) is 0 Å². The maximum absolute atomic E-state index is 13.1. The SMILES string of the molecule is CC/C=C\C/C=C\C/C=C\C/C=C\C/C=C\C/C=C\C/C=C\C/C=C\CCCCCCCCCCCCCCC(=O)NC(COC1OC(CO)C(O)C(O)C1O)C(O)/C=C/CCCCCCCCCCCCCC. The summed E-state index contributed by atoms with van der Waals surface area (Å²) in [5, 5.41) is 54.5. The Morgan fingerprint density at radius 2 is 0.838 bits per heavy atom. The summed E-state index contributed by atoms with van der Waals surface area (Å²) in [6.07, 6.45) is 71.6. The van der Waals surface area contributed by atoms with E-state index in [0.717, 1.165) is 89.9 Å². The average Bonchev–Trinajstić information content (AvgIpc) is 3.40. The first kappa shape index (κ1) is 68.9. The largest absolute Gasteiger partial charge is 0.394 e. The minimum absolute atomic E-state index is 0.183. The first-order chi connectivity index (χ1) is 36.3. The van der Waals surface area contributed by atoms with Crippen LogP contribution in [0.25, 0.3) is 0 Å². The van der Waals surface area contributed by atoms with Crippen LogP contribution in [-0.2, 0) is 14.3 Å². The van der Waals surface area contributed by atoms with E-state index in [1.807, 2.05) is 6.08 Å². The molecule has 74 heavy (non-hydrogen) atoms. The van der Waals surface area contributed by atoms with Crippen molar-refractivity contribution in [2.24, 2.45) is 0 Å². The first-order valence-electron chi connectivity index (χ1n) is 30.1. The number of aliphatic hydroxyl groups is 5. The summed E-state index contributed by atoms with van der Waals surface area (Å²) in [4.78, 5) is 13.1. The van der Waals surface area contributed by atoms with Crippen LogP contribution < -0.4 is 5.32 Å². The molecular formula is C65H111NO8. The summed E-state index contributed by atoms with van der Waals surface area (Å²) in [5.41, 5.74) is 0. The highest BCUT2D eigenvalue weighted by Crippen LogP contribution is 2.23. The molecule has 9 nitrogen and oxygen atoms in total. The molecule has 0 saturated carbocycles. The van der Waals surface area contributed by atoms with Crippen LogP contribution in [0.2, 0.25) is 0 Å². The van der Waals surface area contributed by atoms with Gasteiger partial charge in [-0.3, -0.25) is 4.79 Å². The Balaban J connectivity index is 2.14. The number of allylic oxidation sites excluding steroid dienone is 17. The third kappa shape index (κ3) is 42.0. The summed E-state index contributed by atoms with van der Waals surface area (Å²) in [5.74, 6) is -0.183. The number of unbranched alkanes of at least 4 members (excludes halogenated alkanes) is 24. The molecule has 1 amide bonds. The van der Waals surface area contributed by atoms with Gasteiger partial charge in [-0.15, -0.1) is 0 Å². The normalized spacial score (nSPS) is 19.8. The molecule has 1 rings (SSSR count). The van der Waals surface area contributed by atoms with E-state index in [4.69, 9.17) is 9.47 Å². The molecule has 6 N–H and O–H groups in total. The highest BCUT2D eigenvalue weighted by Gasteiger charge is 2.44. The molecular weight excluding hydrogens is 923 g/mol. The number of carbonyl (C=O) groups excluding carboxylic acids is 1. The quantitative estimate of drug-likeness (QED) is 0.0261. The fourth-order valence-corrected chi connectivity index (χ4v) is 8.88. The summed E-state index contributed by atoms with van der Waals surface area (Å²) >= 11 is 0. The van der Waals surface area contributed by atoms with Gasteiger partial charge in [-0.2, -0.15) is 0 Å². The first-order valence-corrected chi connectivity index (χ1v) is 30.1. The van der Waals surface area contributed by atoms with E-state index in [1.165, 1.54) is 128 Å². The lowest BCUT2D eigenvalue weighted by Crippen LogP contribution is -2.60. The number of hydrogen-bond donors (Lipinski definition) is 6. The predicted octanol–water partition coefficient (Wildman–Crippen LogP) is 15.3. The lowest BCUT2D eigenvalue weighted by molar-refractivity contribution is -0.302. The van der Waals surface area contributed by atoms with Crippen LogP contribution in [0.5, 0.6) is 0 Å². The Bertz CT molecular complexity index is 1530. The second-order valence-electron chi connectivity index (χ2n) is 20.4. The van der Waals surface area contributed by atoms with E-state index < -0.39 is 49.5 Å². The molecule has 9 heteroatoms. The number of rotatable bonds is 50. The van der Waals surface area contributed by atoms with Crippen LogP contribution in [0.4, 0.5) is 0 Å². The molecule has 1 fully saturated rings. The van der Waals surface area contributed by atoms with E-state index in [-0.39, 0.29) is 12.5 Å². The highest BCUT2D eigenvalue weighted by molar-refractivity contribution is 5.76. The summed E-state index contributed by atoms with van der Waals surface area (Å²) in [6.45, 7) is 3.66. The van der Waals surface area contributed by atoms with Crippen LogP contribution >= 0.6 is 0 Å². The van der Waals surface area contributed by atoms with Crippen molar-refractivity contribution in [1.82, 2.24) is 5.32 Å². The second kappa shape index (κ2) is 53.3. The summed E-state index contributed by atoms with van der Waals surface area (Å²) in [7, 11) is 0. The lowest BCUT2D eigenvalue weighted by Gasteiger charge is -2.40. The molecule has 0 aromatic rings. The van der Waals surface area contributed by atoms with Crippen molar-refractivity contribution in [2.45, 2.75) is 281 Å². The van der Waals surface area contributed by atoms with Crippen molar-refractivity contribution in [3.05, 3.63) is 109 Å². The molecule has 0 aromatic carbocycles. The molecule has 7 unspecified atom stereocenters. The Hall–Kier alpha value is -3.15. The second-order valence-corrected chi connectivity index (χ2v) is 20.4. The van der Waals surface area contributed by atoms with Gasteiger partial charge in [0.2, 0.25) is 5.91 Å². The van der Waals surface area contributed by atoms with Gasteiger partial charge in [-0.1, -0.05) is 258 Å². The van der Waals surface area contributed by atoms with Gasteiger partial charge in [-0.25, -0.2) is 0 Å². The fourth-order valence-electron chi connectivity index (χ4n) is 8.88. The maximum atomic E-state index is 13.1. The van der Waals surface area contributed by atoms with Gasteiger partial charge in [0.25, 0.3) is 0 Å². The van der Waals surface area contributed by atoms with Gasteiger partial charge >= 0.3 is 0 Å². The number of amides is 1. The molecule has 0 radical (unpaired) electrons. The molecule has 1 heterocycles. The molecule has 424 valence electrons. The van der Waals surface area contributed by atoms with Gasteiger partial charge < -0.3 is 40.3 Å². The van der Waals surface area contributed by atoms with E-state index in [0.29, 0.717) is 6.42 Å². The molecule has 1 saturated heterocycles. The zero-order valence-electron chi connectivity index (χ0n) is 47.1. The van der Waals surface area contributed by atoms with Crippen LogP contribution in [-0.4, -0.2) is 87.5 Å². The van der Waals surface area contributed by atoms with E-state index in [9.17, 15) is 30.3 Å². The van der Waals surface area contributed by atoms with Crippen LogP contribution in [0.15, 0.2) is 109 Å². The van der Waals surface area contributed by atoms with Crippen molar-refractivity contribution < 1.29 is 39.8 Å². The van der Waals surface area contributed by atoms with Gasteiger partial charge in [-0.05, 0) is 83.5 Å². The van der Waals surface area contributed by atoms with Crippen molar-refractivity contribution >= 4 is 5.91 Å². The Kier molecular flexibility index (Phi) is 49.6. The van der Waals surface area contributed by atoms with Crippen molar-refractivity contribution in [1.29, 1.82) is 0 Å². The molecule has 0 spiro atoms. The molecule has 1 aliphatic heterocycles. The van der Waals surface area contributed by atoms with E-state index in [1.54, 1.807) is 6.08 Å². The van der Waals surface area contributed by atoms with Crippen LogP contribution in [0, 0.1) is 0 Å². The molecule has 1 aliphatic rings. The third-order valence-electron chi connectivity index (χ3n) is 13.6. The number of aliphatic hydroxyl groups excluding tert-OH is 5. The minimum atomic E-state index is -1.57. The van der Waals surface area contributed by atoms with Crippen molar-refractivity contribution in [3.63, 3.8) is 0 Å².